The molecule has 0 saturated carbocycles. The SMILES string of the molecule is O=C1C(=Cc2ccccc2)N=C(c2ccccc2)N1c1ccccc1-c1nc2ccccc2[nH]1. The van der Waals surface area contributed by atoms with Crippen LogP contribution < -0.4 is 4.90 Å². The fraction of sp³-hybridized carbons (Fsp3) is 0. The maximum atomic E-state index is 13.8. The van der Waals surface area contributed by atoms with E-state index in [-0.39, 0.29) is 5.91 Å². The van der Waals surface area contributed by atoms with E-state index in [0.29, 0.717) is 17.4 Å². The van der Waals surface area contributed by atoms with Crippen LogP contribution in [0.3, 0.4) is 0 Å². The molecule has 5 nitrogen and oxygen atoms in total. The average molecular weight is 441 g/mol. The van der Waals surface area contributed by atoms with Crippen molar-refractivity contribution in [3.8, 4) is 11.4 Å². The van der Waals surface area contributed by atoms with Crippen molar-refractivity contribution in [2.24, 2.45) is 4.99 Å². The van der Waals surface area contributed by atoms with Gasteiger partial charge in [-0.15, -0.1) is 0 Å². The minimum absolute atomic E-state index is 0.175. The lowest BCUT2D eigenvalue weighted by Crippen LogP contribution is -2.33. The van der Waals surface area contributed by atoms with Crippen LogP contribution in [0, 0.1) is 0 Å². The number of benzene rings is 4. The monoisotopic (exact) mass is 440 g/mol. The number of carbonyl (C=O) groups is 1. The highest BCUT2D eigenvalue weighted by Crippen LogP contribution is 2.35. The van der Waals surface area contributed by atoms with Gasteiger partial charge in [0.05, 0.1) is 16.7 Å². The van der Waals surface area contributed by atoms with Crippen LogP contribution in [0.5, 0.6) is 0 Å². The Kier molecular flexibility index (Phi) is 4.85. The van der Waals surface area contributed by atoms with Gasteiger partial charge in [-0.25, -0.2) is 9.98 Å². The second-order valence-electron chi connectivity index (χ2n) is 8.00. The van der Waals surface area contributed by atoms with Crippen LogP contribution >= 0.6 is 0 Å². The predicted octanol–water partition coefficient (Wildman–Crippen LogP) is 6.06. The molecule has 6 rings (SSSR count). The molecule has 0 atom stereocenters. The van der Waals surface area contributed by atoms with E-state index >= 15 is 0 Å². The molecule has 162 valence electrons. The molecule has 5 heteroatoms. The number of para-hydroxylation sites is 3. The summed E-state index contributed by atoms with van der Waals surface area (Å²) >= 11 is 0. The zero-order chi connectivity index (χ0) is 22.9. The first-order valence-corrected chi connectivity index (χ1v) is 11.1. The summed E-state index contributed by atoms with van der Waals surface area (Å²) in [7, 11) is 0. The molecule has 0 unspecified atom stereocenters. The number of amidine groups is 1. The van der Waals surface area contributed by atoms with Crippen LogP contribution in [0.15, 0.2) is 120 Å². The molecule has 1 aromatic heterocycles. The molecule has 1 N–H and O–H groups in total. The molecule has 0 saturated heterocycles. The summed E-state index contributed by atoms with van der Waals surface area (Å²) in [6.45, 7) is 0. The number of aromatic amines is 1. The molecule has 1 aliphatic rings. The molecular formula is C29H20N4O. The number of nitrogens with one attached hydrogen (secondary N) is 1. The Labute approximate surface area is 196 Å². The Morgan fingerprint density at radius 1 is 0.735 bits per heavy atom. The lowest BCUT2D eigenvalue weighted by atomic mass is 10.1. The number of aliphatic imine (C=N–C) groups is 1. The third kappa shape index (κ3) is 3.49. The molecular weight excluding hydrogens is 420 g/mol. The summed E-state index contributed by atoms with van der Waals surface area (Å²) in [5, 5.41) is 0. The van der Waals surface area contributed by atoms with Gasteiger partial charge in [0.2, 0.25) is 0 Å². The maximum Gasteiger partial charge on any atom is 0.282 e. The Morgan fingerprint density at radius 3 is 2.21 bits per heavy atom. The maximum absolute atomic E-state index is 13.8. The molecule has 4 aromatic carbocycles. The van der Waals surface area contributed by atoms with Gasteiger partial charge in [0.1, 0.15) is 17.4 Å². The van der Waals surface area contributed by atoms with E-state index < -0.39 is 0 Å². The molecule has 0 radical (unpaired) electrons. The number of imidazole rings is 1. The third-order valence-electron chi connectivity index (χ3n) is 5.78. The molecule has 34 heavy (non-hydrogen) atoms. The number of amides is 1. The number of hydrogen-bond acceptors (Lipinski definition) is 3. The highest BCUT2D eigenvalue weighted by molar-refractivity contribution is 6.34. The van der Waals surface area contributed by atoms with E-state index in [1.807, 2.05) is 115 Å². The van der Waals surface area contributed by atoms with Gasteiger partial charge in [0.25, 0.3) is 5.91 Å². The van der Waals surface area contributed by atoms with Crippen molar-refractivity contribution < 1.29 is 4.79 Å². The Balaban J connectivity index is 1.52. The van der Waals surface area contributed by atoms with Gasteiger partial charge >= 0.3 is 0 Å². The minimum Gasteiger partial charge on any atom is -0.338 e. The molecule has 0 fully saturated rings. The van der Waals surface area contributed by atoms with E-state index in [4.69, 9.17) is 9.98 Å². The first kappa shape index (κ1) is 19.9. The second-order valence-corrected chi connectivity index (χ2v) is 8.00. The van der Waals surface area contributed by atoms with E-state index in [1.165, 1.54) is 0 Å². The summed E-state index contributed by atoms with van der Waals surface area (Å²) in [6, 6.07) is 35.2. The number of rotatable bonds is 4. The van der Waals surface area contributed by atoms with Gasteiger partial charge in [-0.3, -0.25) is 9.69 Å². The molecule has 0 spiro atoms. The summed E-state index contributed by atoms with van der Waals surface area (Å²) in [5.74, 6) is 1.13. The first-order chi connectivity index (χ1) is 16.8. The normalized spacial score (nSPS) is 14.7. The van der Waals surface area contributed by atoms with Gasteiger partial charge in [0.15, 0.2) is 0 Å². The smallest absolute Gasteiger partial charge is 0.282 e. The number of nitrogens with zero attached hydrogens (tertiary/aromatic N) is 3. The highest BCUT2D eigenvalue weighted by Gasteiger charge is 2.34. The van der Waals surface area contributed by atoms with Crippen molar-refractivity contribution in [1.29, 1.82) is 0 Å². The van der Waals surface area contributed by atoms with Crippen molar-refractivity contribution >= 4 is 34.5 Å². The zero-order valence-electron chi connectivity index (χ0n) is 18.2. The predicted molar refractivity (Wildman–Crippen MR) is 136 cm³/mol. The van der Waals surface area contributed by atoms with Crippen LogP contribution in [-0.4, -0.2) is 21.7 Å². The van der Waals surface area contributed by atoms with Crippen molar-refractivity contribution in [1.82, 2.24) is 9.97 Å². The van der Waals surface area contributed by atoms with Gasteiger partial charge in [-0.2, -0.15) is 0 Å². The number of carbonyl (C=O) groups excluding carboxylic acids is 1. The van der Waals surface area contributed by atoms with Crippen LogP contribution in [0.2, 0.25) is 0 Å². The minimum atomic E-state index is -0.175. The van der Waals surface area contributed by atoms with E-state index in [0.717, 1.165) is 33.4 Å². The first-order valence-electron chi connectivity index (χ1n) is 11.1. The number of hydrogen-bond donors (Lipinski definition) is 1. The fourth-order valence-electron chi connectivity index (χ4n) is 4.18. The molecule has 5 aromatic rings. The number of anilines is 1. The second kappa shape index (κ2) is 8.30. The standard InChI is InChI=1S/C29H20N4O/c34-29-25(19-20-11-3-1-4-12-20)32-28(21-13-5-2-6-14-21)33(29)26-18-10-7-15-22(26)27-30-23-16-8-9-17-24(23)31-27/h1-19H,(H,30,31). The molecule has 1 amide bonds. The van der Waals surface area contributed by atoms with Gasteiger partial charge < -0.3 is 4.98 Å². The van der Waals surface area contributed by atoms with Crippen LogP contribution in [0.4, 0.5) is 5.69 Å². The summed E-state index contributed by atoms with van der Waals surface area (Å²) < 4.78 is 0. The lowest BCUT2D eigenvalue weighted by Gasteiger charge is -2.21. The summed E-state index contributed by atoms with van der Waals surface area (Å²) in [5.41, 5.74) is 5.57. The van der Waals surface area contributed by atoms with E-state index in [1.54, 1.807) is 4.90 Å². The van der Waals surface area contributed by atoms with Crippen molar-refractivity contribution in [3.63, 3.8) is 0 Å². The fourth-order valence-corrected chi connectivity index (χ4v) is 4.18. The lowest BCUT2D eigenvalue weighted by molar-refractivity contribution is -0.113. The van der Waals surface area contributed by atoms with Gasteiger partial charge in [0, 0.05) is 11.1 Å². The van der Waals surface area contributed by atoms with Crippen molar-refractivity contribution in [2.75, 3.05) is 4.90 Å². The number of H-pyrrole nitrogens is 1. The van der Waals surface area contributed by atoms with Crippen LogP contribution in [0.25, 0.3) is 28.5 Å². The van der Waals surface area contributed by atoms with E-state index in [2.05, 4.69) is 4.98 Å². The number of fused-ring (bicyclic) bond motifs is 1. The zero-order valence-corrected chi connectivity index (χ0v) is 18.2. The number of aromatic nitrogens is 2. The summed E-state index contributed by atoms with van der Waals surface area (Å²) in [4.78, 5) is 28.4. The molecule has 0 aliphatic carbocycles. The van der Waals surface area contributed by atoms with Crippen LogP contribution in [-0.2, 0) is 4.79 Å². The van der Waals surface area contributed by atoms with Gasteiger partial charge in [-0.1, -0.05) is 84.9 Å². The quantitative estimate of drug-likeness (QED) is 0.345. The Hall–Kier alpha value is -4.77. The Bertz CT molecular complexity index is 1530. The summed E-state index contributed by atoms with van der Waals surface area (Å²) in [6.07, 6.45) is 1.83. The van der Waals surface area contributed by atoms with Crippen molar-refractivity contribution in [3.05, 3.63) is 126 Å². The average Bonchev–Trinajstić information content (AvgIpc) is 3.46. The topological polar surface area (TPSA) is 61.4 Å². The van der Waals surface area contributed by atoms with Crippen molar-refractivity contribution in [2.45, 2.75) is 0 Å². The molecule has 2 heterocycles. The highest BCUT2D eigenvalue weighted by atomic mass is 16.2. The van der Waals surface area contributed by atoms with Crippen LogP contribution in [0.1, 0.15) is 11.1 Å². The van der Waals surface area contributed by atoms with E-state index in [9.17, 15) is 4.79 Å². The third-order valence-corrected chi connectivity index (χ3v) is 5.78. The Morgan fingerprint density at radius 2 is 1.41 bits per heavy atom. The molecule has 1 aliphatic heterocycles. The van der Waals surface area contributed by atoms with Gasteiger partial charge in [-0.05, 0) is 35.9 Å². The largest absolute Gasteiger partial charge is 0.338 e. The molecule has 0 bridgehead atoms.